The van der Waals surface area contributed by atoms with Crippen molar-refractivity contribution < 1.29 is 24.2 Å². The van der Waals surface area contributed by atoms with E-state index in [4.69, 9.17) is 21.1 Å². The maximum Gasteiger partial charge on any atom is 0.326 e. The highest BCUT2D eigenvalue weighted by atomic mass is 35.5. The first kappa shape index (κ1) is 17.4. The lowest BCUT2D eigenvalue weighted by atomic mass is 10.0. The summed E-state index contributed by atoms with van der Waals surface area (Å²) in [6, 6.07) is 2.23. The monoisotopic (exact) mass is 341 g/mol. The number of carboxylic acids is 1. The number of carbonyl (C=O) groups excluding carboxylic acids is 1. The molecule has 126 valence electrons. The summed E-state index contributed by atoms with van der Waals surface area (Å²) in [6.45, 7) is 2.65. The van der Waals surface area contributed by atoms with Crippen molar-refractivity contribution in [2.75, 3.05) is 20.3 Å². The van der Waals surface area contributed by atoms with Crippen LogP contribution in [0.4, 0.5) is 0 Å². The molecule has 0 spiro atoms. The van der Waals surface area contributed by atoms with Crippen molar-refractivity contribution in [2.24, 2.45) is 0 Å². The largest absolute Gasteiger partial charge is 0.493 e. The highest BCUT2D eigenvalue weighted by molar-refractivity contribution is 6.32. The highest BCUT2D eigenvalue weighted by Crippen LogP contribution is 2.37. The number of aliphatic carboxylic acids is 1. The van der Waals surface area contributed by atoms with Crippen molar-refractivity contribution in [3.63, 3.8) is 0 Å². The Morgan fingerprint density at radius 1 is 1.39 bits per heavy atom. The van der Waals surface area contributed by atoms with E-state index in [1.807, 2.05) is 6.92 Å². The Morgan fingerprint density at radius 3 is 2.74 bits per heavy atom. The van der Waals surface area contributed by atoms with Crippen molar-refractivity contribution in [1.82, 2.24) is 4.90 Å². The first-order valence-corrected chi connectivity index (χ1v) is 7.91. The third kappa shape index (κ3) is 3.69. The molecule has 1 aliphatic rings. The fourth-order valence-electron chi connectivity index (χ4n) is 2.72. The number of likely N-dealkylation sites (tertiary alicyclic amines) is 1. The number of rotatable bonds is 5. The fraction of sp³-hybridized carbons (Fsp3) is 0.500. The van der Waals surface area contributed by atoms with Crippen molar-refractivity contribution in [3.8, 4) is 11.5 Å². The molecular weight excluding hydrogens is 322 g/mol. The van der Waals surface area contributed by atoms with E-state index >= 15 is 0 Å². The van der Waals surface area contributed by atoms with Crippen LogP contribution in [0, 0.1) is 0 Å². The third-order valence-corrected chi connectivity index (χ3v) is 4.09. The van der Waals surface area contributed by atoms with Gasteiger partial charge in [-0.1, -0.05) is 11.6 Å². The maximum atomic E-state index is 12.7. The number of amides is 1. The zero-order valence-corrected chi connectivity index (χ0v) is 13.9. The van der Waals surface area contributed by atoms with Crippen LogP contribution in [0.2, 0.25) is 5.02 Å². The zero-order valence-electron chi connectivity index (χ0n) is 13.2. The lowest BCUT2D eigenvalue weighted by molar-refractivity contribution is -0.143. The molecule has 1 amide bonds. The van der Waals surface area contributed by atoms with Gasteiger partial charge in [-0.05, 0) is 38.3 Å². The molecule has 1 aromatic rings. The lowest BCUT2D eigenvalue weighted by Crippen LogP contribution is -2.48. The molecule has 1 N–H and O–H groups in total. The van der Waals surface area contributed by atoms with Gasteiger partial charge in [0.05, 0.1) is 18.7 Å². The number of nitrogens with zero attached hydrogens (tertiary/aromatic N) is 1. The van der Waals surface area contributed by atoms with Crippen molar-refractivity contribution in [2.45, 2.75) is 32.2 Å². The minimum Gasteiger partial charge on any atom is -0.493 e. The van der Waals surface area contributed by atoms with Crippen LogP contribution in [0.1, 0.15) is 36.5 Å². The Kier molecular flexibility index (Phi) is 5.71. The minimum atomic E-state index is -0.984. The van der Waals surface area contributed by atoms with Crippen molar-refractivity contribution in [1.29, 1.82) is 0 Å². The molecule has 2 rings (SSSR count). The number of piperidine rings is 1. The predicted octanol–water partition coefficient (Wildman–Crippen LogP) is 2.83. The van der Waals surface area contributed by atoms with Crippen LogP contribution in [0.25, 0.3) is 0 Å². The SMILES string of the molecule is CCOc1c(Cl)cc(C(=O)N2CCCC[C@@H]2C(=O)O)cc1OC. The quantitative estimate of drug-likeness (QED) is 0.891. The highest BCUT2D eigenvalue weighted by Gasteiger charge is 2.33. The summed E-state index contributed by atoms with van der Waals surface area (Å²) < 4.78 is 10.7. The molecule has 0 radical (unpaired) electrons. The minimum absolute atomic E-state index is 0.262. The Morgan fingerprint density at radius 2 is 2.13 bits per heavy atom. The number of hydrogen-bond acceptors (Lipinski definition) is 4. The Bertz CT molecular complexity index is 604. The van der Waals surface area contributed by atoms with E-state index in [1.165, 1.54) is 24.1 Å². The van der Waals surface area contributed by atoms with Crippen molar-refractivity contribution in [3.05, 3.63) is 22.7 Å². The van der Waals surface area contributed by atoms with Gasteiger partial charge in [0.1, 0.15) is 6.04 Å². The fourth-order valence-corrected chi connectivity index (χ4v) is 2.99. The van der Waals surface area contributed by atoms with E-state index in [9.17, 15) is 14.7 Å². The topological polar surface area (TPSA) is 76.1 Å². The van der Waals surface area contributed by atoms with E-state index in [0.29, 0.717) is 36.6 Å². The summed E-state index contributed by atoms with van der Waals surface area (Å²) in [5.74, 6) is -0.615. The predicted molar refractivity (Wildman–Crippen MR) is 85.5 cm³/mol. The second-order valence-electron chi connectivity index (χ2n) is 5.27. The van der Waals surface area contributed by atoms with Gasteiger partial charge in [-0.3, -0.25) is 4.79 Å². The average molecular weight is 342 g/mol. The van der Waals surface area contributed by atoms with Gasteiger partial charge in [-0.25, -0.2) is 4.79 Å². The molecule has 1 fully saturated rings. The van der Waals surface area contributed by atoms with Gasteiger partial charge < -0.3 is 19.5 Å². The molecule has 0 saturated carbocycles. The molecule has 6 nitrogen and oxygen atoms in total. The molecule has 1 aliphatic heterocycles. The molecule has 1 aromatic carbocycles. The molecule has 1 atom stereocenters. The van der Waals surface area contributed by atoms with Crippen LogP contribution in [-0.4, -0.2) is 48.2 Å². The molecule has 1 heterocycles. The standard InChI is InChI=1S/C16H20ClNO5/c1-3-23-14-11(17)8-10(9-13(14)22-2)15(19)18-7-5-4-6-12(18)16(20)21/h8-9,12H,3-7H2,1-2H3,(H,20,21)/t12-/m1/s1. The number of hydrogen-bond donors (Lipinski definition) is 1. The van der Waals surface area contributed by atoms with E-state index in [2.05, 4.69) is 0 Å². The molecule has 7 heteroatoms. The molecular formula is C16H20ClNO5. The third-order valence-electron chi connectivity index (χ3n) is 3.81. The van der Waals surface area contributed by atoms with Gasteiger partial charge in [0.15, 0.2) is 11.5 Å². The molecule has 0 aliphatic carbocycles. The van der Waals surface area contributed by atoms with Gasteiger partial charge >= 0.3 is 5.97 Å². The smallest absolute Gasteiger partial charge is 0.326 e. The Labute approximate surface area is 139 Å². The van der Waals surface area contributed by atoms with Gasteiger partial charge in [-0.2, -0.15) is 0 Å². The normalized spacial score (nSPS) is 17.7. The summed E-state index contributed by atoms with van der Waals surface area (Å²) in [5.41, 5.74) is 0.295. The number of halogens is 1. The average Bonchev–Trinajstić information content (AvgIpc) is 2.55. The molecule has 1 saturated heterocycles. The molecule has 0 bridgehead atoms. The van der Waals surface area contributed by atoms with Crippen LogP contribution in [0.3, 0.4) is 0 Å². The van der Waals surface area contributed by atoms with E-state index in [1.54, 1.807) is 0 Å². The van der Waals surface area contributed by atoms with Crippen LogP contribution < -0.4 is 9.47 Å². The second kappa shape index (κ2) is 7.55. The number of benzene rings is 1. The number of carbonyl (C=O) groups is 2. The number of methoxy groups -OCH3 is 1. The summed E-state index contributed by atoms with van der Waals surface area (Å²) in [7, 11) is 1.46. The summed E-state index contributed by atoms with van der Waals surface area (Å²) >= 11 is 6.18. The number of ether oxygens (including phenoxy) is 2. The summed E-state index contributed by atoms with van der Waals surface area (Å²) in [5, 5.41) is 9.57. The summed E-state index contributed by atoms with van der Waals surface area (Å²) in [4.78, 5) is 25.5. The Balaban J connectivity index is 2.35. The Hall–Kier alpha value is -1.95. The van der Waals surface area contributed by atoms with Gasteiger partial charge in [-0.15, -0.1) is 0 Å². The second-order valence-corrected chi connectivity index (χ2v) is 5.68. The van der Waals surface area contributed by atoms with Crippen LogP contribution in [0.15, 0.2) is 12.1 Å². The summed E-state index contributed by atoms with van der Waals surface area (Å²) in [6.07, 6.45) is 2.05. The maximum absolute atomic E-state index is 12.7. The van der Waals surface area contributed by atoms with E-state index < -0.39 is 12.0 Å². The molecule has 23 heavy (non-hydrogen) atoms. The van der Waals surface area contributed by atoms with E-state index in [0.717, 1.165) is 12.8 Å². The van der Waals surface area contributed by atoms with Gasteiger partial charge in [0.25, 0.3) is 5.91 Å². The van der Waals surface area contributed by atoms with E-state index in [-0.39, 0.29) is 10.9 Å². The molecule has 0 aromatic heterocycles. The molecule has 0 unspecified atom stereocenters. The van der Waals surface area contributed by atoms with Crippen LogP contribution in [0.5, 0.6) is 11.5 Å². The van der Waals surface area contributed by atoms with Crippen LogP contribution >= 0.6 is 11.6 Å². The lowest BCUT2D eigenvalue weighted by Gasteiger charge is -2.33. The van der Waals surface area contributed by atoms with Crippen molar-refractivity contribution >= 4 is 23.5 Å². The van der Waals surface area contributed by atoms with Gasteiger partial charge in [0, 0.05) is 12.1 Å². The van der Waals surface area contributed by atoms with Gasteiger partial charge in [0.2, 0.25) is 0 Å². The number of carboxylic acid groups (broad SMARTS) is 1. The first-order chi connectivity index (χ1) is 11.0. The van der Waals surface area contributed by atoms with Crippen LogP contribution in [-0.2, 0) is 4.79 Å². The first-order valence-electron chi connectivity index (χ1n) is 7.53. The zero-order chi connectivity index (χ0) is 17.0.